The van der Waals surface area contributed by atoms with Crippen LogP contribution in [0.15, 0.2) is 46.4 Å². The SMILES string of the molecule is CN1Cc2c(F)ccc([C@H](O)C(=O)N3CC4=C(C3)CN(S(=O)(=O)c3ccc5c(c3)OCCO5)C4)c2C1. The summed E-state index contributed by atoms with van der Waals surface area (Å²) in [4.78, 5) is 16.8. The Kier molecular flexibility index (Phi) is 5.56. The van der Waals surface area contributed by atoms with Crippen molar-refractivity contribution < 1.29 is 32.2 Å². The van der Waals surface area contributed by atoms with Gasteiger partial charge < -0.3 is 19.5 Å². The Hall–Kier alpha value is -2.99. The summed E-state index contributed by atoms with van der Waals surface area (Å²) in [6.45, 7) is 2.56. The molecule has 1 N–H and O–H groups in total. The van der Waals surface area contributed by atoms with Gasteiger partial charge in [-0.2, -0.15) is 4.31 Å². The van der Waals surface area contributed by atoms with Gasteiger partial charge in [-0.3, -0.25) is 9.69 Å². The molecule has 0 unspecified atom stereocenters. The van der Waals surface area contributed by atoms with Gasteiger partial charge in [0, 0.05) is 50.9 Å². The van der Waals surface area contributed by atoms with Gasteiger partial charge in [-0.15, -0.1) is 0 Å². The highest BCUT2D eigenvalue weighted by atomic mass is 32.2. The predicted molar refractivity (Wildman–Crippen MR) is 126 cm³/mol. The average Bonchev–Trinajstić information content (AvgIpc) is 3.56. The molecule has 0 aromatic heterocycles. The van der Waals surface area contributed by atoms with E-state index in [0.29, 0.717) is 54.5 Å². The fourth-order valence-electron chi connectivity index (χ4n) is 5.40. The van der Waals surface area contributed by atoms with Crippen molar-refractivity contribution in [3.05, 3.63) is 64.0 Å². The molecule has 2 aromatic rings. The molecule has 4 heterocycles. The van der Waals surface area contributed by atoms with Gasteiger partial charge in [0.25, 0.3) is 5.91 Å². The van der Waals surface area contributed by atoms with E-state index in [4.69, 9.17) is 9.47 Å². The maximum atomic E-state index is 14.2. The molecular formula is C25H26FN3O6S. The molecule has 36 heavy (non-hydrogen) atoms. The average molecular weight is 516 g/mol. The second-order valence-corrected chi connectivity index (χ2v) is 11.6. The molecule has 6 rings (SSSR count). The highest BCUT2D eigenvalue weighted by Crippen LogP contribution is 2.37. The number of aliphatic hydroxyl groups excluding tert-OH is 1. The fraction of sp³-hybridized carbons (Fsp3) is 0.400. The molecule has 2 aromatic carbocycles. The van der Waals surface area contributed by atoms with E-state index in [-0.39, 0.29) is 36.9 Å². The molecule has 11 heteroatoms. The number of fused-ring (bicyclic) bond motifs is 2. The molecule has 1 atom stereocenters. The molecule has 4 aliphatic rings. The Balaban J connectivity index is 1.14. The number of hydrogen-bond donors (Lipinski definition) is 1. The van der Waals surface area contributed by atoms with Gasteiger partial charge in [-0.05, 0) is 47.5 Å². The van der Waals surface area contributed by atoms with Crippen LogP contribution in [0.5, 0.6) is 11.5 Å². The zero-order chi connectivity index (χ0) is 25.2. The summed E-state index contributed by atoms with van der Waals surface area (Å²) in [5.41, 5.74) is 3.33. The maximum Gasteiger partial charge on any atom is 0.256 e. The van der Waals surface area contributed by atoms with Crippen molar-refractivity contribution in [3.63, 3.8) is 0 Å². The lowest BCUT2D eigenvalue weighted by Crippen LogP contribution is -2.38. The third-order valence-corrected chi connectivity index (χ3v) is 9.04. The van der Waals surface area contributed by atoms with E-state index in [0.717, 1.165) is 11.1 Å². The molecule has 0 saturated carbocycles. The Bertz CT molecular complexity index is 1390. The molecule has 1 amide bonds. The van der Waals surface area contributed by atoms with Crippen LogP contribution in [-0.4, -0.2) is 80.0 Å². The third-order valence-electron chi connectivity index (χ3n) is 7.26. The third kappa shape index (κ3) is 3.78. The van der Waals surface area contributed by atoms with E-state index < -0.39 is 22.0 Å². The van der Waals surface area contributed by atoms with Crippen LogP contribution < -0.4 is 9.47 Å². The molecule has 9 nitrogen and oxygen atoms in total. The highest BCUT2D eigenvalue weighted by molar-refractivity contribution is 7.89. The summed E-state index contributed by atoms with van der Waals surface area (Å²) >= 11 is 0. The number of aliphatic hydroxyl groups is 1. The number of ether oxygens (including phenoxy) is 2. The molecule has 0 fully saturated rings. The quantitative estimate of drug-likeness (QED) is 0.615. The number of nitrogens with zero attached hydrogens (tertiary/aromatic N) is 3. The first kappa shape index (κ1) is 23.4. The first-order valence-electron chi connectivity index (χ1n) is 11.8. The summed E-state index contributed by atoms with van der Waals surface area (Å²) in [7, 11) is -1.91. The minimum Gasteiger partial charge on any atom is -0.486 e. The molecule has 0 radical (unpaired) electrons. The van der Waals surface area contributed by atoms with Crippen LogP contribution >= 0.6 is 0 Å². The lowest BCUT2D eigenvalue weighted by atomic mass is 9.98. The number of carbonyl (C=O) groups is 1. The number of sulfonamides is 1. The molecular weight excluding hydrogens is 489 g/mol. The topological polar surface area (TPSA) is 99.6 Å². The van der Waals surface area contributed by atoms with Crippen LogP contribution in [0.4, 0.5) is 4.39 Å². The lowest BCUT2D eigenvalue weighted by molar-refractivity contribution is -0.139. The van der Waals surface area contributed by atoms with Gasteiger partial charge in [-0.25, -0.2) is 12.8 Å². The van der Waals surface area contributed by atoms with E-state index in [1.54, 1.807) is 6.07 Å². The van der Waals surface area contributed by atoms with E-state index in [1.807, 2.05) is 11.9 Å². The Morgan fingerprint density at radius 3 is 2.33 bits per heavy atom. The molecule has 4 aliphatic heterocycles. The summed E-state index contributed by atoms with van der Waals surface area (Å²) in [6.07, 6.45) is -1.40. The van der Waals surface area contributed by atoms with E-state index in [9.17, 15) is 22.7 Å². The Labute approximate surface area is 208 Å². The molecule has 190 valence electrons. The summed E-state index contributed by atoms with van der Waals surface area (Å²) in [5, 5.41) is 10.9. The fourth-order valence-corrected chi connectivity index (χ4v) is 6.85. The number of hydrogen-bond acceptors (Lipinski definition) is 7. The van der Waals surface area contributed by atoms with Crippen LogP contribution in [0.2, 0.25) is 0 Å². The number of amides is 1. The highest BCUT2D eigenvalue weighted by Gasteiger charge is 2.40. The normalized spacial score (nSPS) is 20.6. The van der Waals surface area contributed by atoms with Crippen LogP contribution in [0.3, 0.4) is 0 Å². The lowest BCUT2D eigenvalue weighted by Gasteiger charge is -2.25. The number of carbonyl (C=O) groups excluding carboxylic acids is 1. The standard InChI is InChI=1S/C25H26FN3O6S/c1-27-13-19-18(3-4-21(26)20(19)14-27)24(30)25(31)28-9-15-11-29(12-16(15)10-28)36(32,33)17-2-5-22-23(8-17)35-7-6-34-22/h2-5,8,24,30H,6-7,9-14H2,1H3/t24-/m0/s1. The predicted octanol–water partition coefficient (Wildman–Crippen LogP) is 1.42. The minimum absolute atomic E-state index is 0.131. The van der Waals surface area contributed by atoms with Gasteiger partial charge in [0.2, 0.25) is 10.0 Å². The molecule has 0 bridgehead atoms. The second-order valence-electron chi connectivity index (χ2n) is 9.65. The second kappa shape index (κ2) is 8.55. The molecule has 0 saturated heterocycles. The van der Waals surface area contributed by atoms with Crippen LogP contribution in [0, 0.1) is 5.82 Å². The Morgan fingerprint density at radius 2 is 1.61 bits per heavy atom. The monoisotopic (exact) mass is 515 g/mol. The van der Waals surface area contributed by atoms with E-state index in [1.165, 1.54) is 33.5 Å². The first-order valence-corrected chi connectivity index (χ1v) is 13.2. The van der Waals surface area contributed by atoms with Gasteiger partial charge in [0.05, 0.1) is 4.90 Å². The maximum absolute atomic E-state index is 14.2. The Morgan fingerprint density at radius 1 is 0.944 bits per heavy atom. The first-order chi connectivity index (χ1) is 17.2. The largest absolute Gasteiger partial charge is 0.486 e. The summed E-state index contributed by atoms with van der Waals surface area (Å²) < 4.78 is 53.2. The smallest absolute Gasteiger partial charge is 0.256 e. The van der Waals surface area contributed by atoms with Crippen LogP contribution in [0.1, 0.15) is 22.8 Å². The van der Waals surface area contributed by atoms with Gasteiger partial charge in [0.15, 0.2) is 17.6 Å². The van der Waals surface area contributed by atoms with Crippen LogP contribution in [0.25, 0.3) is 0 Å². The van der Waals surface area contributed by atoms with Crippen molar-refractivity contribution in [2.45, 2.75) is 24.1 Å². The number of benzene rings is 2. The summed E-state index contributed by atoms with van der Waals surface area (Å²) in [6, 6.07) is 7.38. The van der Waals surface area contributed by atoms with Crippen LogP contribution in [-0.2, 0) is 27.9 Å². The van der Waals surface area contributed by atoms with Crippen molar-refractivity contribution in [2.24, 2.45) is 0 Å². The van der Waals surface area contributed by atoms with Gasteiger partial charge in [0.1, 0.15) is 19.0 Å². The van der Waals surface area contributed by atoms with Crippen molar-refractivity contribution in [2.75, 3.05) is 46.4 Å². The van der Waals surface area contributed by atoms with Crippen molar-refractivity contribution in [1.29, 1.82) is 0 Å². The number of rotatable bonds is 4. The molecule has 0 spiro atoms. The van der Waals surface area contributed by atoms with E-state index >= 15 is 0 Å². The van der Waals surface area contributed by atoms with Crippen molar-refractivity contribution in [3.8, 4) is 11.5 Å². The minimum atomic E-state index is -3.76. The molecule has 0 aliphatic carbocycles. The summed E-state index contributed by atoms with van der Waals surface area (Å²) in [5.74, 6) is 0.132. The van der Waals surface area contributed by atoms with Gasteiger partial charge >= 0.3 is 0 Å². The number of halogens is 1. The van der Waals surface area contributed by atoms with Crippen molar-refractivity contribution in [1.82, 2.24) is 14.1 Å². The van der Waals surface area contributed by atoms with E-state index in [2.05, 4.69) is 0 Å². The zero-order valence-electron chi connectivity index (χ0n) is 19.7. The zero-order valence-corrected chi connectivity index (χ0v) is 20.6. The van der Waals surface area contributed by atoms with Gasteiger partial charge in [-0.1, -0.05) is 6.07 Å². The van der Waals surface area contributed by atoms with Crippen molar-refractivity contribution >= 4 is 15.9 Å².